The summed E-state index contributed by atoms with van der Waals surface area (Å²) in [5.41, 5.74) is -8.88. The van der Waals surface area contributed by atoms with Crippen molar-refractivity contribution in [2.24, 2.45) is 16.7 Å². The van der Waals surface area contributed by atoms with E-state index in [0.29, 0.717) is 0 Å². The average Bonchev–Trinajstić information content (AvgIpc) is 2.94. The van der Waals surface area contributed by atoms with Gasteiger partial charge in [-0.3, -0.25) is 4.79 Å². The van der Waals surface area contributed by atoms with Crippen LogP contribution in [0.1, 0.15) is 64.7 Å². The van der Waals surface area contributed by atoms with Crippen LogP contribution < -0.4 is 0 Å². The molecule has 46 heavy (non-hydrogen) atoms. The Labute approximate surface area is 281 Å². The van der Waals surface area contributed by atoms with Gasteiger partial charge in [-0.25, -0.2) is 9.59 Å². The van der Waals surface area contributed by atoms with Gasteiger partial charge in [0.25, 0.3) is 0 Å². The topological polar surface area (TPSA) is 169 Å². The van der Waals surface area contributed by atoms with Crippen molar-refractivity contribution in [3.05, 3.63) is 47.0 Å². The molecule has 1 aliphatic heterocycles. The van der Waals surface area contributed by atoms with E-state index in [-0.39, 0.29) is 36.2 Å². The summed E-state index contributed by atoms with van der Waals surface area (Å²) in [5, 5.41) is 48.0. The van der Waals surface area contributed by atoms with Gasteiger partial charge in [-0.2, -0.15) is 0 Å². The van der Waals surface area contributed by atoms with Crippen LogP contribution in [0.25, 0.3) is 0 Å². The highest BCUT2D eigenvalue weighted by molar-refractivity contribution is 6.68. The van der Waals surface area contributed by atoms with Crippen LogP contribution in [0.3, 0.4) is 0 Å². The van der Waals surface area contributed by atoms with Crippen molar-refractivity contribution in [2.75, 3.05) is 6.61 Å². The number of aliphatic hydroxyl groups excluding tert-OH is 2. The van der Waals surface area contributed by atoms with E-state index in [4.69, 9.17) is 53.8 Å². The van der Waals surface area contributed by atoms with Crippen molar-refractivity contribution < 1.29 is 53.8 Å². The zero-order valence-corrected chi connectivity index (χ0v) is 28.5. The minimum atomic E-state index is -2.17. The van der Waals surface area contributed by atoms with Crippen LogP contribution in [0.15, 0.2) is 41.5 Å². The van der Waals surface area contributed by atoms with Crippen LogP contribution in [0.4, 0.5) is 4.79 Å². The van der Waals surface area contributed by atoms with E-state index in [9.17, 15) is 34.8 Å². The molecule has 1 aromatic rings. The molecule has 4 aliphatic rings. The highest BCUT2D eigenvalue weighted by Gasteiger charge is 2.77. The Hall–Kier alpha value is -1.96. The summed E-state index contributed by atoms with van der Waals surface area (Å²) in [6.07, 6.45) is -9.40. The van der Waals surface area contributed by atoms with Gasteiger partial charge in [-0.1, -0.05) is 66.8 Å². The Kier molecular flexibility index (Phi) is 8.69. The first-order chi connectivity index (χ1) is 21.0. The van der Waals surface area contributed by atoms with E-state index in [2.05, 4.69) is 0 Å². The van der Waals surface area contributed by atoms with Gasteiger partial charge in [-0.05, 0) is 51.0 Å². The van der Waals surface area contributed by atoms with Crippen molar-refractivity contribution in [3.8, 4) is 0 Å². The first kappa shape index (κ1) is 35.3. The molecule has 9 unspecified atom stereocenters. The van der Waals surface area contributed by atoms with Gasteiger partial charge in [0.1, 0.15) is 29.5 Å². The summed E-state index contributed by atoms with van der Waals surface area (Å²) in [6.45, 7) is 8.42. The van der Waals surface area contributed by atoms with Gasteiger partial charge in [-0.15, -0.1) is 0 Å². The highest BCUT2D eigenvalue weighted by atomic mass is 35.6. The van der Waals surface area contributed by atoms with Crippen molar-refractivity contribution in [1.29, 1.82) is 0 Å². The number of Topliss-reactive ketones (excluding diaryl/α,β-unsaturated/α-hetero) is 1. The van der Waals surface area contributed by atoms with Gasteiger partial charge in [0.15, 0.2) is 11.4 Å². The molecular weight excluding hydrogens is 667 g/mol. The number of ether oxygens (including phenoxy) is 4. The molecule has 254 valence electrons. The summed E-state index contributed by atoms with van der Waals surface area (Å²) in [4.78, 5) is 41.7. The molecule has 0 radical (unpaired) electrons. The monoisotopic (exact) mass is 704 g/mol. The summed E-state index contributed by atoms with van der Waals surface area (Å²) in [7, 11) is 0. The lowest BCUT2D eigenvalue weighted by molar-refractivity contribution is -0.344. The standard InChI is InChI=1S/C32H39Cl3O11/c1-15-17(36)13-31(42)24(45-25(39)16-10-8-7-9-11-16)22-29(6,23(38)21(37)20(15)27(31,2)3)18(12-19-30(22,41)14-43-19)44-26(40)46-28(4,5)32(33,34)35/h7-11,17-19,21-22,24,36-37,41-42H,12-14H2,1-6H3. The number of rotatable bonds is 4. The third-order valence-electron chi connectivity index (χ3n) is 10.9. The number of halogens is 3. The van der Waals surface area contributed by atoms with Gasteiger partial charge in [0, 0.05) is 24.2 Å². The maximum Gasteiger partial charge on any atom is 0.509 e. The third-order valence-corrected chi connectivity index (χ3v) is 12.2. The quantitative estimate of drug-likeness (QED) is 0.204. The Balaban J connectivity index is 1.71. The molecule has 2 saturated carbocycles. The molecular formula is C32H39Cl3O11. The maximum atomic E-state index is 14.7. The Bertz CT molecular complexity index is 1460. The van der Waals surface area contributed by atoms with Crippen LogP contribution in [-0.2, 0) is 23.7 Å². The first-order valence-corrected chi connectivity index (χ1v) is 16.1. The molecule has 11 nitrogen and oxygen atoms in total. The zero-order valence-electron chi connectivity index (χ0n) is 26.3. The third kappa shape index (κ3) is 5.08. The lowest BCUT2D eigenvalue weighted by atomic mass is 9.44. The predicted molar refractivity (Wildman–Crippen MR) is 165 cm³/mol. The lowest BCUT2D eigenvalue weighted by Gasteiger charge is -2.66. The molecule has 2 bridgehead atoms. The number of hydrogen-bond donors (Lipinski definition) is 4. The molecule has 1 aromatic carbocycles. The normalized spacial score (nSPS) is 38.8. The van der Waals surface area contributed by atoms with Crippen molar-refractivity contribution in [3.63, 3.8) is 0 Å². The number of aliphatic hydroxyl groups is 4. The highest BCUT2D eigenvalue weighted by Crippen LogP contribution is 2.63. The molecule has 4 N–H and O–H groups in total. The molecule has 0 amide bonds. The fraction of sp³-hybridized carbons (Fsp3) is 0.656. The second-order valence-corrected chi connectivity index (χ2v) is 16.4. The fourth-order valence-corrected chi connectivity index (χ4v) is 7.94. The summed E-state index contributed by atoms with van der Waals surface area (Å²) in [5.74, 6) is -3.30. The number of esters is 1. The van der Waals surface area contributed by atoms with E-state index in [1.54, 1.807) is 39.0 Å². The van der Waals surface area contributed by atoms with E-state index < -0.39 is 85.8 Å². The molecule has 9 atom stereocenters. The van der Waals surface area contributed by atoms with E-state index in [1.165, 1.54) is 32.9 Å². The minimum Gasteiger partial charge on any atom is -0.455 e. The Morgan fingerprint density at radius 2 is 1.63 bits per heavy atom. The van der Waals surface area contributed by atoms with Crippen LogP contribution in [0.2, 0.25) is 0 Å². The summed E-state index contributed by atoms with van der Waals surface area (Å²) in [6, 6.07) is 7.93. The van der Waals surface area contributed by atoms with Crippen molar-refractivity contribution >= 4 is 52.7 Å². The van der Waals surface area contributed by atoms with Gasteiger partial charge in [0.2, 0.25) is 3.79 Å². The van der Waals surface area contributed by atoms with Crippen molar-refractivity contribution in [2.45, 2.75) is 105 Å². The number of fused-ring (bicyclic) bond motifs is 5. The SMILES string of the molecule is CC1=C2C(O)C(=O)C3(C)C(OC(=O)OC(C)(C)C(Cl)(Cl)Cl)CC4OCC4(O)C3C(OC(=O)c3ccccc3)C(O)(CC1O)C2(C)C. The maximum absolute atomic E-state index is 14.7. The van der Waals surface area contributed by atoms with Crippen LogP contribution >= 0.6 is 34.8 Å². The number of alkyl halides is 3. The van der Waals surface area contributed by atoms with Gasteiger partial charge < -0.3 is 39.4 Å². The molecule has 1 saturated heterocycles. The van der Waals surface area contributed by atoms with E-state index >= 15 is 0 Å². The molecule has 5 rings (SSSR count). The van der Waals surface area contributed by atoms with Crippen molar-refractivity contribution in [1.82, 2.24) is 0 Å². The minimum absolute atomic E-state index is 0.0248. The second-order valence-electron chi connectivity index (χ2n) is 14.1. The number of hydrogen-bond acceptors (Lipinski definition) is 11. The number of carbonyl (C=O) groups excluding carboxylic acids is 3. The van der Waals surface area contributed by atoms with Gasteiger partial charge >= 0.3 is 12.1 Å². The Morgan fingerprint density at radius 1 is 1.02 bits per heavy atom. The van der Waals surface area contributed by atoms with Gasteiger partial charge in [0.05, 0.1) is 29.8 Å². The van der Waals surface area contributed by atoms with Crippen LogP contribution in [0.5, 0.6) is 0 Å². The molecule has 14 heteroatoms. The molecule has 0 aromatic heterocycles. The Morgan fingerprint density at radius 3 is 2.17 bits per heavy atom. The smallest absolute Gasteiger partial charge is 0.455 e. The molecule has 1 heterocycles. The average molecular weight is 706 g/mol. The number of ketones is 1. The van der Waals surface area contributed by atoms with E-state index in [1.807, 2.05) is 0 Å². The molecule has 3 aliphatic carbocycles. The number of benzene rings is 1. The fourth-order valence-electron chi connectivity index (χ4n) is 7.82. The predicted octanol–water partition coefficient (Wildman–Crippen LogP) is 3.82. The summed E-state index contributed by atoms with van der Waals surface area (Å²) < 4.78 is 20.9. The largest absolute Gasteiger partial charge is 0.509 e. The lowest BCUT2D eigenvalue weighted by Crippen LogP contribution is -2.81. The molecule has 0 spiro atoms. The summed E-state index contributed by atoms with van der Waals surface area (Å²) >= 11 is 18.0. The van der Waals surface area contributed by atoms with E-state index in [0.717, 1.165) is 0 Å². The second kappa shape index (κ2) is 11.3. The first-order valence-electron chi connectivity index (χ1n) is 14.9. The van der Waals surface area contributed by atoms with Crippen LogP contribution in [0, 0.1) is 16.7 Å². The van der Waals surface area contributed by atoms with Crippen LogP contribution in [-0.4, -0.2) is 96.1 Å². The number of carbonyl (C=O) groups is 3. The molecule has 3 fully saturated rings. The zero-order chi connectivity index (χ0) is 34.4.